The SMILES string of the molecule is CCC(OC(C)=O)C(F)(F)C(=O)OCc1ccccc1. The van der Waals surface area contributed by atoms with E-state index in [1.165, 1.54) is 6.92 Å². The van der Waals surface area contributed by atoms with E-state index in [0.717, 1.165) is 6.92 Å². The minimum Gasteiger partial charge on any atom is -0.456 e. The Bertz CT molecular complexity index is 460. The smallest absolute Gasteiger partial charge is 0.381 e. The molecular weight excluding hydrogens is 270 g/mol. The van der Waals surface area contributed by atoms with Crippen LogP contribution in [0, 0.1) is 0 Å². The number of halogens is 2. The van der Waals surface area contributed by atoms with Gasteiger partial charge < -0.3 is 9.47 Å². The molecule has 0 bridgehead atoms. The molecule has 0 aliphatic heterocycles. The third-order valence-corrected chi connectivity index (χ3v) is 2.57. The van der Waals surface area contributed by atoms with E-state index in [2.05, 4.69) is 9.47 Å². The lowest BCUT2D eigenvalue weighted by Crippen LogP contribution is -2.44. The van der Waals surface area contributed by atoms with Gasteiger partial charge in [-0.3, -0.25) is 4.79 Å². The molecule has 20 heavy (non-hydrogen) atoms. The number of esters is 2. The largest absolute Gasteiger partial charge is 0.456 e. The molecular formula is C14H16F2O4. The zero-order valence-corrected chi connectivity index (χ0v) is 11.3. The third kappa shape index (κ3) is 4.29. The van der Waals surface area contributed by atoms with Crippen molar-refractivity contribution in [2.75, 3.05) is 0 Å². The number of alkyl halides is 2. The summed E-state index contributed by atoms with van der Waals surface area (Å²) in [5.41, 5.74) is 0.595. The molecule has 0 N–H and O–H groups in total. The summed E-state index contributed by atoms with van der Waals surface area (Å²) in [5.74, 6) is -6.43. The van der Waals surface area contributed by atoms with Gasteiger partial charge in [-0.15, -0.1) is 0 Å². The standard InChI is InChI=1S/C14H16F2O4/c1-3-12(20-10(2)17)14(15,16)13(18)19-9-11-7-5-4-6-8-11/h4-8,12H,3,9H2,1-2H3. The molecule has 0 spiro atoms. The highest BCUT2D eigenvalue weighted by atomic mass is 19.3. The lowest BCUT2D eigenvalue weighted by atomic mass is 10.1. The molecule has 110 valence electrons. The fourth-order valence-electron chi connectivity index (χ4n) is 1.56. The van der Waals surface area contributed by atoms with Gasteiger partial charge in [-0.1, -0.05) is 37.3 Å². The van der Waals surface area contributed by atoms with Gasteiger partial charge in [-0.2, -0.15) is 8.78 Å². The molecule has 0 heterocycles. The number of hydrogen-bond donors (Lipinski definition) is 0. The maximum absolute atomic E-state index is 13.8. The van der Waals surface area contributed by atoms with Crippen LogP contribution in [-0.4, -0.2) is 24.0 Å². The summed E-state index contributed by atoms with van der Waals surface area (Å²) < 4.78 is 36.6. The van der Waals surface area contributed by atoms with Gasteiger partial charge >= 0.3 is 17.9 Å². The van der Waals surface area contributed by atoms with Crippen LogP contribution >= 0.6 is 0 Å². The summed E-state index contributed by atoms with van der Waals surface area (Å²) >= 11 is 0. The van der Waals surface area contributed by atoms with Crippen molar-refractivity contribution >= 4 is 11.9 Å². The van der Waals surface area contributed by atoms with E-state index < -0.39 is 24.0 Å². The van der Waals surface area contributed by atoms with Gasteiger partial charge in [0, 0.05) is 6.92 Å². The Morgan fingerprint density at radius 2 is 1.85 bits per heavy atom. The van der Waals surface area contributed by atoms with Crippen LogP contribution in [0.4, 0.5) is 8.78 Å². The maximum Gasteiger partial charge on any atom is 0.381 e. The molecule has 0 fully saturated rings. The Hall–Kier alpha value is -1.98. The number of carbonyl (C=O) groups excluding carboxylic acids is 2. The average Bonchev–Trinajstić information content (AvgIpc) is 2.42. The van der Waals surface area contributed by atoms with Crippen molar-refractivity contribution in [2.24, 2.45) is 0 Å². The second-order valence-corrected chi connectivity index (χ2v) is 4.19. The van der Waals surface area contributed by atoms with Crippen molar-refractivity contribution in [3.05, 3.63) is 35.9 Å². The summed E-state index contributed by atoms with van der Waals surface area (Å²) in [6, 6.07) is 8.46. The molecule has 1 rings (SSSR count). The first kappa shape index (κ1) is 16.1. The van der Waals surface area contributed by atoms with Crippen molar-refractivity contribution in [1.82, 2.24) is 0 Å². The summed E-state index contributed by atoms with van der Waals surface area (Å²) in [7, 11) is 0. The van der Waals surface area contributed by atoms with E-state index in [0.29, 0.717) is 5.56 Å². The first-order chi connectivity index (χ1) is 9.37. The molecule has 4 nitrogen and oxygen atoms in total. The van der Waals surface area contributed by atoms with Gasteiger partial charge in [-0.25, -0.2) is 4.79 Å². The summed E-state index contributed by atoms with van der Waals surface area (Å²) in [6.07, 6.45) is -2.00. The van der Waals surface area contributed by atoms with Crippen molar-refractivity contribution < 1.29 is 27.8 Å². The van der Waals surface area contributed by atoms with Crippen LogP contribution in [0.2, 0.25) is 0 Å². The molecule has 1 atom stereocenters. The maximum atomic E-state index is 13.8. The molecule has 6 heteroatoms. The molecule has 1 aromatic carbocycles. The minimum atomic E-state index is -3.87. The van der Waals surface area contributed by atoms with E-state index in [1.807, 2.05) is 0 Å². The number of benzene rings is 1. The number of hydrogen-bond acceptors (Lipinski definition) is 4. The fourth-order valence-corrected chi connectivity index (χ4v) is 1.56. The Morgan fingerprint density at radius 1 is 1.25 bits per heavy atom. The zero-order chi connectivity index (χ0) is 15.2. The van der Waals surface area contributed by atoms with Gasteiger partial charge in [0.05, 0.1) is 0 Å². The van der Waals surface area contributed by atoms with Crippen LogP contribution in [0.3, 0.4) is 0 Å². The molecule has 0 aromatic heterocycles. The molecule has 1 aromatic rings. The second kappa shape index (κ2) is 6.98. The van der Waals surface area contributed by atoms with Gasteiger partial charge in [0.1, 0.15) is 6.61 Å². The van der Waals surface area contributed by atoms with E-state index in [-0.39, 0.29) is 13.0 Å². The minimum absolute atomic E-state index is 0.187. The van der Waals surface area contributed by atoms with Crippen LogP contribution in [0.25, 0.3) is 0 Å². The Morgan fingerprint density at radius 3 is 2.35 bits per heavy atom. The number of ether oxygens (including phenoxy) is 2. The summed E-state index contributed by atoms with van der Waals surface area (Å²) in [4.78, 5) is 22.2. The van der Waals surface area contributed by atoms with Gasteiger partial charge in [0.2, 0.25) is 0 Å². The zero-order valence-electron chi connectivity index (χ0n) is 11.3. The van der Waals surface area contributed by atoms with Gasteiger partial charge in [0.25, 0.3) is 0 Å². The predicted octanol–water partition coefficient (Wildman–Crippen LogP) is 2.71. The van der Waals surface area contributed by atoms with Crippen molar-refractivity contribution in [1.29, 1.82) is 0 Å². The highest BCUT2D eigenvalue weighted by Gasteiger charge is 2.50. The first-order valence-corrected chi connectivity index (χ1v) is 6.14. The molecule has 0 saturated heterocycles. The molecule has 0 aliphatic rings. The van der Waals surface area contributed by atoms with Crippen molar-refractivity contribution in [3.63, 3.8) is 0 Å². The highest BCUT2D eigenvalue weighted by Crippen LogP contribution is 2.26. The summed E-state index contributed by atoms with van der Waals surface area (Å²) in [6.45, 7) is 2.14. The molecule has 0 radical (unpaired) electrons. The van der Waals surface area contributed by atoms with Crippen molar-refractivity contribution in [2.45, 2.75) is 38.9 Å². The van der Waals surface area contributed by atoms with E-state index in [4.69, 9.17) is 0 Å². The first-order valence-electron chi connectivity index (χ1n) is 6.14. The predicted molar refractivity (Wildman–Crippen MR) is 67.0 cm³/mol. The Kier molecular flexibility index (Phi) is 5.61. The van der Waals surface area contributed by atoms with E-state index in [1.54, 1.807) is 30.3 Å². The van der Waals surface area contributed by atoms with Gasteiger partial charge in [-0.05, 0) is 12.0 Å². The fraction of sp³-hybridized carbons (Fsp3) is 0.429. The number of carbonyl (C=O) groups is 2. The normalized spacial score (nSPS) is 12.6. The third-order valence-electron chi connectivity index (χ3n) is 2.57. The van der Waals surface area contributed by atoms with Crippen molar-refractivity contribution in [3.8, 4) is 0 Å². The lowest BCUT2D eigenvalue weighted by Gasteiger charge is -2.23. The molecule has 0 saturated carbocycles. The quantitative estimate of drug-likeness (QED) is 0.754. The average molecular weight is 286 g/mol. The topological polar surface area (TPSA) is 52.6 Å². The molecule has 0 amide bonds. The Balaban J connectivity index is 2.65. The highest BCUT2D eigenvalue weighted by molar-refractivity contribution is 5.79. The van der Waals surface area contributed by atoms with Crippen LogP contribution in [0.5, 0.6) is 0 Å². The van der Waals surface area contributed by atoms with Crippen LogP contribution in [0.15, 0.2) is 30.3 Å². The van der Waals surface area contributed by atoms with E-state index >= 15 is 0 Å². The molecule has 0 aliphatic carbocycles. The summed E-state index contributed by atoms with van der Waals surface area (Å²) in [5, 5.41) is 0. The van der Waals surface area contributed by atoms with Crippen LogP contribution < -0.4 is 0 Å². The second-order valence-electron chi connectivity index (χ2n) is 4.19. The Labute approximate surface area is 115 Å². The van der Waals surface area contributed by atoms with Crippen LogP contribution in [0.1, 0.15) is 25.8 Å². The number of rotatable bonds is 6. The monoisotopic (exact) mass is 286 g/mol. The molecule has 1 unspecified atom stereocenters. The van der Waals surface area contributed by atoms with Crippen LogP contribution in [-0.2, 0) is 25.7 Å². The lowest BCUT2D eigenvalue weighted by molar-refractivity contribution is -0.198. The van der Waals surface area contributed by atoms with E-state index in [9.17, 15) is 18.4 Å². The van der Waals surface area contributed by atoms with Gasteiger partial charge in [0.15, 0.2) is 6.10 Å².